The van der Waals surface area contributed by atoms with Gasteiger partial charge in [0.25, 0.3) is 10.0 Å². The Kier molecular flexibility index (Phi) is 3.88. The van der Waals surface area contributed by atoms with E-state index in [1.807, 2.05) is 0 Å². The van der Waals surface area contributed by atoms with Gasteiger partial charge in [-0.25, -0.2) is 17.9 Å². The summed E-state index contributed by atoms with van der Waals surface area (Å²) in [7, 11) is -0.592. The maximum absolute atomic E-state index is 12.9. The molecule has 27 heavy (non-hydrogen) atoms. The van der Waals surface area contributed by atoms with Crippen LogP contribution in [-0.4, -0.2) is 27.3 Å². The molecule has 1 N–H and O–H groups in total. The zero-order valence-electron chi connectivity index (χ0n) is 14.7. The minimum atomic E-state index is -3.85. The molecule has 8 nitrogen and oxygen atoms in total. The predicted octanol–water partition coefficient (Wildman–Crippen LogP) is 1.86. The molecule has 0 aliphatic rings. The molecule has 0 saturated heterocycles. The molecular formula is C18H17N5O3S. The number of nitrogens with one attached hydrogen (secondary N) is 1. The van der Waals surface area contributed by atoms with E-state index in [1.54, 1.807) is 67.6 Å². The van der Waals surface area contributed by atoms with Gasteiger partial charge < -0.3 is 0 Å². The van der Waals surface area contributed by atoms with Crippen molar-refractivity contribution >= 4 is 26.7 Å². The van der Waals surface area contributed by atoms with Crippen LogP contribution in [0.15, 0.2) is 70.6 Å². The molecule has 9 heteroatoms. The highest BCUT2D eigenvalue weighted by molar-refractivity contribution is 7.92. The third-order valence-electron chi connectivity index (χ3n) is 4.45. The molecule has 0 saturated carbocycles. The predicted molar refractivity (Wildman–Crippen MR) is 103 cm³/mol. The third-order valence-corrected chi connectivity index (χ3v) is 5.82. The van der Waals surface area contributed by atoms with Crippen molar-refractivity contribution in [1.29, 1.82) is 0 Å². The van der Waals surface area contributed by atoms with E-state index >= 15 is 0 Å². The summed E-state index contributed by atoms with van der Waals surface area (Å²) < 4.78 is 33.0. The van der Waals surface area contributed by atoms with Gasteiger partial charge in [0, 0.05) is 26.5 Å². The van der Waals surface area contributed by atoms with E-state index in [2.05, 4.69) is 9.82 Å². The van der Waals surface area contributed by atoms with Crippen molar-refractivity contribution in [3.63, 3.8) is 0 Å². The van der Waals surface area contributed by atoms with E-state index in [1.165, 1.54) is 21.3 Å². The zero-order valence-corrected chi connectivity index (χ0v) is 15.5. The first kappa shape index (κ1) is 17.1. The molecule has 0 amide bonds. The first-order valence-corrected chi connectivity index (χ1v) is 9.64. The second kappa shape index (κ2) is 6.13. The molecule has 0 fully saturated rings. The van der Waals surface area contributed by atoms with Crippen LogP contribution in [0.5, 0.6) is 0 Å². The highest BCUT2D eigenvalue weighted by Gasteiger charge is 2.19. The van der Waals surface area contributed by atoms with Gasteiger partial charge in [-0.05, 0) is 36.4 Å². The molecule has 0 atom stereocenters. The number of rotatable bonds is 4. The minimum absolute atomic E-state index is 0.0754. The number of aryl methyl sites for hydroxylation is 2. The Morgan fingerprint density at radius 1 is 0.963 bits per heavy atom. The third kappa shape index (κ3) is 2.81. The Balaban J connectivity index is 1.79. The van der Waals surface area contributed by atoms with Crippen molar-refractivity contribution in [1.82, 2.24) is 18.9 Å². The Morgan fingerprint density at radius 2 is 1.70 bits per heavy atom. The lowest BCUT2D eigenvalue weighted by Crippen LogP contribution is -2.19. The van der Waals surface area contributed by atoms with E-state index < -0.39 is 10.0 Å². The van der Waals surface area contributed by atoms with Crippen LogP contribution >= 0.6 is 0 Å². The number of imidazole rings is 1. The van der Waals surface area contributed by atoms with Crippen LogP contribution in [-0.2, 0) is 24.1 Å². The van der Waals surface area contributed by atoms with Crippen molar-refractivity contribution in [2.24, 2.45) is 14.1 Å². The van der Waals surface area contributed by atoms with E-state index in [4.69, 9.17) is 0 Å². The van der Waals surface area contributed by atoms with E-state index in [0.29, 0.717) is 22.4 Å². The summed E-state index contributed by atoms with van der Waals surface area (Å²) in [6.07, 6.45) is 3.36. The van der Waals surface area contributed by atoms with Gasteiger partial charge in [0.15, 0.2) is 0 Å². The second-order valence-corrected chi connectivity index (χ2v) is 7.81. The molecule has 2 heterocycles. The topological polar surface area (TPSA) is 90.9 Å². The maximum Gasteiger partial charge on any atom is 0.328 e. The highest BCUT2D eigenvalue weighted by Crippen LogP contribution is 2.24. The molecule has 138 valence electrons. The summed E-state index contributed by atoms with van der Waals surface area (Å²) in [5.74, 6) is 0. The molecule has 0 unspecified atom stereocenters. The molecular weight excluding hydrogens is 366 g/mol. The van der Waals surface area contributed by atoms with Gasteiger partial charge in [-0.3, -0.25) is 13.9 Å². The standard InChI is InChI=1S/C18H17N5O3S/c1-21-16-9-8-13(12-17(16)22(2)18(21)24)27(25,26)20-14-6-3-4-7-15(14)23-11-5-10-19-23/h3-12,20H,1-2H3. The van der Waals surface area contributed by atoms with Crippen molar-refractivity contribution in [2.75, 3.05) is 4.72 Å². The Hall–Kier alpha value is -3.33. The van der Waals surface area contributed by atoms with Gasteiger partial charge in [-0.1, -0.05) is 12.1 Å². The maximum atomic E-state index is 12.9. The minimum Gasteiger partial charge on any atom is -0.295 e. The number of para-hydroxylation sites is 2. The van der Waals surface area contributed by atoms with Crippen molar-refractivity contribution in [3.05, 3.63) is 71.4 Å². The molecule has 0 spiro atoms. The summed E-state index contributed by atoms with van der Waals surface area (Å²) in [6, 6.07) is 13.4. The number of benzene rings is 2. The fraction of sp³-hybridized carbons (Fsp3) is 0.111. The molecule has 0 aliphatic heterocycles. The van der Waals surface area contributed by atoms with Gasteiger partial charge in [0.05, 0.1) is 27.3 Å². The number of hydrogen-bond donors (Lipinski definition) is 1. The molecule has 4 rings (SSSR count). The Bertz CT molecular complexity index is 1300. The summed E-state index contributed by atoms with van der Waals surface area (Å²) in [5.41, 5.74) is 2.02. The van der Waals surface area contributed by atoms with Gasteiger partial charge in [0.1, 0.15) is 0 Å². The van der Waals surface area contributed by atoms with Crippen LogP contribution in [0, 0.1) is 0 Å². The summed E-state index contributed by atoms with van der Waals surface area (Å²) in [6.45, 7) is 0. The van der Waals surface area contributed by atoms with Crippen LogP contribution in [0.3, 0.4) is 0 Å². The molecule has 0 bridgehead atoms. The van der Waals surface area contributed by atoms with Crippen LogP contribution < -0.4 is 10.4 Å². The summed E-state index contributed by atoms with van der Waals surface area (Å²) in [4.78, 5) is 12.1. The first-order valence-electron chi connectivity index (χ1n) is 8.16. The lowest BCUT2D eigenvalue weighted by atomic mass is 10.3. The monoisotopic (exact) mass is 383 g/mol. The Labute approximate surface area is 155 Å². The molecule has 4 aromatic rings. The second-order valence-electron chi connectivity index (χ2n) is 6.12. The van der Waals surface area contributed by atoms with E-state index in [0.717, 1.165) is 0 Å². The van der Waals surface area contributed by atoms with Crippen LogP contribution in [0.1, 0.15) is 0 Å². The van der Waals surface area contributed by atoms with Crippen molar-refractivity contribution in [3.8, 4) is 5.69 Å². The molecule has 2 aromatic heterocycles. The molecule has 0 aliphatic carbocycles. The van der Waals surface area contributed by atoms with Crippen molar-refractivity contribution < 1.29 is 8.42 Å². The SMILES string of the molecule is Cn1c(=O)n(C)c2cc(S(=O)(=O)Nc3ccccc3-n3cccn3)ccc21. The van der Waals surface area contributed by atoms with Crippen LogP contribution in [0.2, 0.25) is 0 Å². The number of sulfonamides is 1. The Morgan fingerprint density at radius 3 is 2.44 bits per heavy atom. The lowest BCUT2D eigenvalue weighted by molar-refractivity contribution is 0.601. The van der Waals surface area contributed by atoms with Crippen LogP contribution in [0.25, 0.3) is 16.7 Å². The highest BCUT2D eigenvalue weighted by atomic mass is 32.2. The smallest absolute Gasteiger partial charge is 0.295 e. The quantitative estimate of drug-likeness (QED) is 0.582. The average Bonchev–Trinajstić information content (AvgIpc) is 3.26. The normalized spacial score (nSPS) is 11.8. The number of nitrogens with zero attached hydrogens (tertiary/aromatic N) is 4. The van der Waals surface area contributed by atoms with Crippen molar-refractivity contribution in [2.45, 2.75) is 4.90 Å². The van der Waals surface area contributed by atoms with Crippen LogP contribution in [0.4, 0.5) is 5.69 Å². The van der Waals surface area contributed by atoms with Gasteiger partial charge >= 0.3 is 5.69 Å². The van der Waals surface area contributed by atoms with E-state index in [-0.39, 0.29) is 10.6 Å². The van der Waals surface area contributed by atoms with Gasteiger partial charge in [-0.2, -0.15) is 5.10 Å². The van der Waals surface area contributed by atoms with E-state index in [9.17, 15) is 13.2 Å². The molecule has 2 aromatic carbocycles. The number of anilines is 1. The first-order chi connectivity index (χ1) is 12.9. The summed E-state index contributed by atoms with van der Waals surface area (Å²) >= 11 is 0. The fourth-order valence-corrected chi connectivity index (χ4v) is 4.12. The lowest BCUT2D eigenvalue weighted by Gasteiger charge is -2.13. The number of hydrogen-bond acceptors (Lipinski definition) is 4. The number of aromatic nitrogens is 4. The van der Waals surface area contributed by atoms with Gasteiger partial charge in [0.2, 0.25) is 0 Å². The molecule has 0 radical (unpaired) electrons. The summed E-state index contributed by atoms with van der Waals surface area (Å²) in [5, 5.41) is 4.16. The number of fused-ring (bicyclic) bond motifs is 1. The fourth-order valence-electron chi connectivity index (χ4n) is 3.03. The average molecular weight is 383 g/mol. The largest absolute Gasteiger partial charge is 0.328 e. The van der Waals surface area contributed by atoms with Gasteiger partial charge in [-0.15, -0.1) is 0 Å². The zero-order chi connectivity index (χ0) is 19.2.